The van der Waals surface area contributed by atoms with Crippen LogP contribution in [0.1, 0.15) is 17.5 Å². The third-order valence-electron chi connectivity index (χ3n) is 7.04. The van der Waals surface area contributed by atoms with E-state index in [1.807, 2.05) is 12.1 Å². The lowest BCUT2D eigenvalue weighted by atomic mass is 9.73. The van der Waals surface area contributed by atoms with Gasteiger partial charge >= 0.3 is 0 Å². The normalized spacial score (nSPS) is 20.9. The molecule has 35 heavy (non-hydrogen) atoms. The van der Waals surface area contributed by atoms with Crippen molar-refractivity contribution < 1.29 is 5.11 Å². The van der Waals surface area contributed by atoms with Gasteiger partial charge < -0.3 is 5.11 Å². The number of rotatable bonds is 4. The zero-order valence-electron chi connectivity index (χ0n) is 19.4. The highest BCUT2D eigenvalue weighted by atomic mass is 31.1. The second-order valence-corrected chi connectivity index (χ2v) is 11.2. The molecule has 0 spiro atoms. The Balaban J connectivity index is 1.68. The Hall–Kier alpha value is -3.74. The molecule has 0 bridgehead atoms. The summed E-state index contributed by atoms with van der Waals surface area (Å²) in [7, 11) is -0.691. The molecule has 1 aliphatic rings. The van der Waals surface area contributed by atoms with Gasteiger partial charge in [-0.3, -0.25) is 4.99 Å². The van der Waals surface area contributed by atoms with Gasteiger partial charge in [0.25, 0.3) is 0 Å². The maximum Gasteiger partial charge on any atom is 0.120 e. The third-order valence-corrected chi connectivity index (χ3v) is 9.62. The van der Waals surface area contributed by atoms with Gasteiger partial charge in [0.05, 0.1) is 16.6 Å². The molecule has 1 saturated heterocycles. The SMILES string of the molecule is Oc1ccccc1C1(c2ccccc2)CCP(c2ccccc2)C1=Nc1cccc2ccccc12. The van der Waals surface area contributed by atoms with Crippen molar-refractivity contribution in [3.05, 3.63) is 139 Å². The summed E-state index contributed by atoms with van der Waals surface area (Å²) in [5.74, 6) is 0.326. The first kappa shape index (κ1) is 21.8. The maximum atomic E-state index is 11.2. The molecule has 170 valence electrons. The summed E-state index contributed by atoms with van der Waals surface area (Å²) < 4.78 is 0. The van der Waals surface area contributed by atoms with Crippen LogP contribution in [-0.4, -0.2) is 16.7 Å². The fourth-order valence-electron chi connectivity index (χ4n) is 5.40. The lowest BCUT2D eigenvalue weighted by molar-refractivity contribution is 0.458. The first-order valence-corrected chi connectivity index (χ1v) is 13.5. The quantitative estimate of drug-likeness (QED) is 0.267. The summed E-state index contributed by atoms with van der Waals surface area (Å²) in [6, 6.07) is 44.0. The molecule has 2 unspecified atom stereocenters. The van der Waals surface area contributed by atoms with Crippen LogP contribution < -0.4 is 5.30 Å². The highest BCUT2D eigenvalue weighted by molar-refractivity contribution is 7.82. The number of phenols is 1. The Labute approximate surface area is 207 Å². The number of aromatic hydroxyl groups is 1. The van der Waals surface area contributed by atoms with E-state index in [-0.39, 0.29) is 0 Å². The number of para-hydroxylation sites is 1. The van der Waals surface area contributed by atoms with Crippen molar-refractivity contribution >= 4 is 35.1 Å². The standard InChI is InChI=1S/C32H26NOP/c34-30-21-10-9-19-28(30)32(25-14-3-1-4-15-25)22-23-35(26-16-5-2-6-17-26)31(32)33-29-20-11-13-24-12-7-8-18-27(24)29/h1-21,34H,22-23H2. The monoisotopic (exact) mass is 471 g/mol. The van der Waals surface area contributed by atoms with E-state index in [1.54, 1.807) is 6.07 Å². The van der Waals surface area contributed by atoms with Crippen LogP contribution in [0.5, 0.6) is 5.75 Å². The largest absolute Gasteiger partial charge is 0.508 e. The maximum absolute atomic E-state index is 11.2. The van der Waals surface area contributed by atoms with Crippen LogP contribution >= 0.6 is 7.92 Å². The minimum atomic E-state index is -0.691. The summed E-state index contributed by atoms with van der Waals surface area (Å²) in [5.41, 5.74) is 3.76. The zero-order chi connectivity index (χ0) is 23.7. The van der Waals surface area contributed by atoms with E-state index in [0.29, 0.717) is 5.75 Å². The second kappa shape index (κ2) is 9.13. The van der Waals surface area contributed by atoms with Crippen LogP contribution in [0.2, 0.25) is 0 Å². The Morgan fingerprint density at radius 2 is 1.31 bits per heavy atom. The summed E-state index contributed by atoms with van der Waals surface area (Å²) in [6.45, 7) is 0. The fourth-order valence-corrected chi connectivity index (χ4v) is 8.26. The van der Waals surface area contributed by atoms with E-state index in [1.165, 1.54) is 16.3 Å². The number of benzene rings is 5. The molecule has 2 atom stereocenters. The van der Waals surface area contributed by atoms with E-state index < -0.39 is 13.3 Å². The molecule has 1 N–H and O–H groups in total. The van der Waals surface area contributed by atoms with Gasteiger partial charge in [-0.15, -0.1) is 0 Å². The minimum Gasteiger partial charge on any atom is -0.508 e. The van der Waals surface area contributed by atoms with Gasteiger partial charge in [0, 0.05) is 10.9 Å². The molecule has 3 heteroatoms. The number of hydrogen-bond donors (Lipinski definition) is 1. The van der Waals surface area contributed by atoms with Crippen molar-refractivity contribution in [1.82, 2.24) is 0 Å². The zero-order valence-corrected chi connectivity index (χ0v) is 20.3. The van der Waals surface area contributed by atoms with E-state index in [4.69, 9.17) is 4.99 Å². The van der Waals surface area contributed by atoms with Crippen molar-refractivity contribution in [1.29, 1.82) is 0 Å². The molecule has 5 aromatic rings. The molecule has 1 aliphatic heterocycles. The van der Waals surface area contributed by atoms with E-state index in [9.17, 15) is 5.11 Å². The summed E-state index contributed by atoms with van der Waals surface area (Å²) in [4.78, 5) is 5.53. The fraction of sp³-hybridized carbons (Fsp3) is 0.0938. The Morgan fingerprint density at radius 3 is 2.11 bits per heavy atom. The molecule has 1 heterocycles. The molecule has 0 radical (unpaired) electrons. The molecular weight excluding hydrogens is 445 g/mol. The number of phenolic OH excluding ortho intramolecular Hbond substituents is 1. The predicted molar refractivity (Wildman–Crippen MR) is 149 cm³/mol. The molecule has 6 rings (SSSR count). The van der Waals surface area contributed by atoms with Gasteiger partial charge in [0.1, 0.15) is 5.75 Å². The number of nitrogens with zero attached hydrogens (tertiary/aromatic N) is 1. The van der Waals surface area contributed by atoms with Gasteiger partial charge in [0.2, 0.25) is 0 Å². The van der Waals surface area contributed by atoms with Crippen molar-refractivity contribution in [3.8, 4) is 5.75 Å². The lowest BCUT2D eigenvalue weighted by Crippen LogP contribution is -2.33. The Kier molecular flexibility index (Phi) is 5.68. The van der Waals surface area contributed by atoms with Gasteiger partial charge in [0.15, 0.2) is 0 Å². The van der Waals surface area contributed by atoms with Crippen LogP contribution in [0.25, 0.3) is 10.8 Å². The Bertz CT molecular complexity index is 1510. The second-order valence-electron chi connectivity index (χ2n) is 8.96. The molecule has 5 aromatic carbocycles. The average Bonchev–Trinajstić information content (AvgIpc) is 3.30. The summed E-state index contributed by atoms with van der Waals surface area (Å²) in [5, 5.41) is 14.8. The van der Waals surface area contributed by atoms with Gasteiger partial charge in [-0.1, -0.05) is 115 Å². The predicted octanol–water partition coefficient (Wildman–Crippen LogP) is 7.77. The summed E-state index contributed by atoms with van der Waals surface area (Å²) >= 11 is 0. The Morgan fingerprint density at radius 1 is 0.657 bits per heavy atom. The van der Waals surface area contributed by atoms with Crippen LogP contribution in [0.15, 0.2) is 132 Å². The van der Waals surface area contributed by atoms with Crippen molar-refractivity contribution in [3.63, 3.8) is 0 Å². The van der Waals surface area contributed by atoms with Gasteiger partial charge in [-0.25, -0.2) is 0 Å². The van der Waals surface area contributed by atoms with Crippen LogP contribution in [0.4, 0.5) is 5.69 Å². The summed E-state index contributed by atoms with van der Waals surface area (Å²) in [6.07, 6.45) is 1.92. The molecule has 1 fully saturated rings. The van der Waals surface area contributed by atoms with Crippen LogP contribution in [-0.2, 0) is 5.41 Å². The molecule has 0 aliphatic carbocycles. The molecule has 0 amide bonds. The highest BCUT2D eigenvalue weighted by Gasteiger charge is 2.49. The minimum absolute atomic E-state index is 0.326. The highest BCUT2D eigenvalue weighted by Crippen LogP contribution is 2.59. The van der Waals surface area contributed by atoms with Crippen molar-refractivity contribution in [2.24, 2.45) is 4.99 Å². The molecular formula is C32H26NOP. The van der Waals surface area contributed by atoms with Crippen LogP contribution in [0.3, 0.4) is 0 Å². The molecule has 0 saturated carbocycles. The van der Waals surface area contributed by atoms with Crippen molar-refractivity contribution in [2.45, 2.75) is 11.8 Å². The van der Waals surface area contributed by atoms with Crippen molar-refractivity contribution in [2.75, 3.05) is 6.16 Å². The average molecular weight is 472 g/mol. The van der Waals surface area contributed by atoms with E-state index >= 15 is 0 Å². The van der Waals surface area contributed by atoms with Gasteiger partial charge in [-0.05, 0) is 48.9 Å². The molecule has 0 aromatic heterocycles. The lowest BCUT2D eigenvalue weighted by Gasteiger charge is -2.33. The molecule has 2 nitrogen and oxygen atoms in total. The number of aliphatic imine (C=N–C) groups is 1. The number of hydrogen-bond acceptors (Lipinski definition) is 2. The first-order chi connectivity index (χ1) is 17.3. The first-order valence-electron chi connectivity index (χ1n) is 12.0. The van der Waals surface area contributed by atoms with Gasteiger partial charge in [-0.2, -0.15) is 0 Å². The van der Waals surface area contributed by atoms with Crippen LogP contribution in [0, 0.1) is 0 Å². The number of fused-ring (bicyclic) bond motifs is 1. The topological polar surface area (TPSA) is 32.6 Å². The van der Waals surface area contributed by atoms with E-state index in [2.05, 4.69) is 109 Å². The third kappa shape index (κ3) is 3.75. The smallest absolute Gasteiger partial charge is 0.120 e. The van der Waals surface area contributed by atoms with E-state index in [0.717, 1.165) is 34.7 Å².